The second-order valence-electron chi connectivity index (χ2n) is 5.58. The monoisotopic (exact) mass is 316 g/mol. The van der Waals surface area contributed by atoms with Crippen LogP contribution < -0.4 is 10.1 Å². The minimum Gasteiger partial charge on any atom is -0.484 e. The van der Waals surface area contributed by atoms with Crippen LogP contribution in [0.15, 0.2) is 24.3 Å². The highest BCUT2D eigenvalue weighted by Gasteiger charge is 2.30. The molecule has 2 rings (SSSR count). The number of benzene rings is 1. The highest BCUT2D eigenvalue weighted by Crippen LogP contribution is 2.30. The zero-order valence-electron chi connectivity index (χ0n) is 12.5. The Kier molecular flexibility index (Phi) is 4.95. The van der Waals surface area contributed by atoms with E-state index in [0.29, 0.717) is 13.1 Å². The van der Waals surface area contributed by atoms with Gasteiger partial charge in [-0.25, -0.2) is 0 Å². The van der Waals surface area contributed by atoms with E-state index < -0.39 is 11.7 Å². The van der Waals surface area contributed by atoms with Gasteiger partial charge in [-0.3, -0.25) is 4.79 Å². The van der Waals surface area contributed by atoms with E-state index in [1.54, 1.807) is 4.90 Å². The molecule has 0 radical (unpaired) electrons. The van der Waals surface area contributed by atoms with Crippen molar-refractivity contribution in [2.24, 2.45) is 0 Å². The minimum absolute atomic E-state index is 0.167. The summed E-state index contributed by atoms with van der Waals surface area (Å²) in [6, 6.07) is 4.74. The quantitative estimate of drug-likeness (QED) is 0.930. The number of nitrogens with one attached hydrogen (secondary N) is 1. The first-order chi connectivity index (χ1) is 10.3. The predicted molar refractivity (Wildman–Crippen MR) is 75.6 cm³/mol. The van der Waals surface area contributed by atoms with Gasteiger partial charge >= 0.3 is 6.18 Å². The van der Waals surface area contributed by atoms with Crippen molar-refractivity contribution in [3.8, 4) is 5.75 Å². The summed E-state index contributed by atoms with van der Waals surface area (Å²) in [6.45, 7) is 5.00. The van der Waals surface area contributed by atoms with Gasteiger partial charge < -0.3 is 15.0 Å². The molecular weight excluding hydrogens is 297 g/mol. The van der Waals surface area contributed by atoms with Gasteiger partial charge in [0.05, 0.1) is 5.56 Å². The number of amides is 1. The highest BCUT2D eigenvalue weighted by atomic mass is 19.4. The van der Waals surface area contributed by atoms with Gasteiger partial charge in [0.15, 0.2) is 6.61 Å². The molecule has 0 bridgehead atoms. The maximum absolute atomic E-state index is 12.4. The lowest BCUT2D eigenvalue weighted by Gasteiger charge is -2.36. The first-order valence-corrected chi connectivity index (χ1v) is 7.09. The van der Waals surface area contributed by atoms with Crippen LogP contribution in [0.25, 0.3) is 0 Å². The molecule has 0 aromatic heterocycles. The van der Waals surface area contributed by atoms with Crippen molar-refractivity contribution in [1.29, 1.82) is 0 Å². The molecule has 0 spiro atoms. The van der Waals surface area contributed by atoms with Crippen LogP contribution in [0.4, 0.5) is 13.2 Å². The molecule has 1 N–H and O–H groups in total. The van der Waals surface area contributed by atoms with Crippen LogP contribution in [0.1, 0.15) is 19.4 Å². The molecule has 1 amide bonds. The van der Waals surface area contributed by atoms with Gasteiger partial charge in [-0.05, 0) is 38.1 Å². The molecule has 0 saturated carbocycles. The molecule has 1 aromatic rings. The van der Waals surface area contributed by atoms with E-state index in [0.717, 1.165) is 12.1 Å². The summed E-state index contributed by atoms with van der Waals surface area (Å²) in [5.74, 6) is 0.0812. The van der Waals surface area contributed by atoms with Crippen molar-refractivity contribution in [3.63, 3.8) is 0 Å². The SMILES string of the molecule is C[C@@H]1CN(C(=O)COc2ccc(C(F)(F)F)cc2)C[C@@H](C)N1. The Morgan fingerprint density at radius 2 is 1.77 bits per heavy atom. The van der Waals surface area contributed by atoms with Crippen molar-refractivity contribution in [1.82, 2.24) is 10.2 Å². The normalized spacial score (nSPS) is 22.5. The van der Waals surface area contributed by atoms with Gasteiger partial charge in [-0.15, -0.1) is 0 Å². The number of carbonyl (C=O) groups excluding carboxylic acids is 1. The smallest absolute Gasteiger partial charge is 0.416 e. The first kappa shape index (κ1) is 16.6. The third-order valence-electron chi connectivity index (χ3n) is 3.45. The molecule has 1 saturated heterocycles. The van der Waals surface area contributed by atoms with E-state index in [1.807, 2.05) is 13.8 Å². The largest absolute Gasteiger partial charge is 0.484 e. The van der Waals surface area contributed by atoms with Crippen molar-refractivity contribution >= 4 is 5.91 Å². The number of carbonyl (C=O) groups is 1. The fourth-order valence-electron chi connectivity index (χ4n) is 2.51. The van der Waals surface area contributed by atoms with E-state index >= 15 is 0 Å². The predicted octanol–water partition coefficient (Wildman–Crippen LogP) is 2.29. The molecular formula is C15H19F3N2O2. The van der Waals surface area contributed by atoms with Crippen LogP contribution in [0, 0.1) is 0 Å². The summed E-state index contributed by atoms with van der Waals surface area (Å²) in [5, 5.41) is 3.32. The van der Waals surface area contributed by atoms with Gasteiger partial charge in [-0.1, -0.05) is 0 Å². The Balaban J connectivity index is 1.88. The van der Waals surface area contributed by atoms with E-state index in [9.17, 15) is 18.0 Å². The molecule has 1 aliphatic heterocycles. The average molecular weight is 316 g/mol. The van der Waals surface area contributed by atoms with E-state index in [-0.39, 0.29) is 30.3 Å². The number of hydrogen-bond donors (Lipinski definition) is 1. The fourth-order valence-corrected chi connectivity index (χ4v) is 2.51. The summed E-state index contributed by atoms with van der Waals surface area (Å²) in [4.78, 5) is 13.8. The Morgan fingerprint density at radius 3 is 2.27 bits per heavy atom. The van der Waals surface area contributed by atoms with Crippen LogP contribution in [-0.4, -0.2) is 42.6 Å². The zero-order chi connectivity index (χ0) is 16.3. The van der Waals surface area contributed by atoms with Gasteiger partial charge in [-0.2, -0.15) is 13.2 Å². The molecule has 2 atom stereocenters. The van der Waals surface area contributed by atoms with Gasteiger partial charge in [0, 0.05) is 25.2 Å². The maximum Gasteiger partial charge on any atom is 0.416 e. The Hall–Kier alpha value is -1.76. The summed E-state index contributed by atoms with van der Waals surface area (Å²) in [7, 11) is 0. The third-order valence-corrected chi connectivity index (χ3v) is 3.45. The molecule has 0 aliphatic carbocycles. The van der Waals surface area contributed by atoms with Crippen LogP contribution in [-0.2, 0) is 11.0 Å². The lowest BCUT2D eigenvalue weighted by molar-refractivity contribution is -0.138. The fraction of sp³-hybridized carbons (Fsp3) is 0.533. The second-order valence-corrected chi connectivity index (χ2v) is 5.58. The molecule has 0 unspecified atom stereocenters. The van der Waals surface area contributed by atoms with Crippen molar-refractivity contribution in [2.45, 2.75) is 32.1 Å². The third kappa shape index (κ3) is 4.37. The van der Waals surface area contributed by atoms with E-state index in [2.05, 4.69) is 5.32 Å². The van der Waals surface area contributed by atoms with Gasteiger partial charge in [0.25, 0.3) is 5.91 Å². The van der Waals surface area contributed by atoms with Crippen molar-refractivity contribution in [3.05, 3.63) is 29.8 Å². The standard InChI is InChI=1S/C15H19F3N2O2/c1-10-7-20(8-11(2)19-10)14(21)9-22-13-5-3-12(4-6-13)15(16,17)18/h3-6,10-11,19H,7-9H2,1-2H3/t10-,11-/m1/s1. The van der Waals surface area contributed by atoms with Gasteiger partial charge in [0.2, 0.25) is 0 Å². The van der Waals surface area contributed by atoms with Crippen molar-refractivity contribution < 1.29 is 22.7 Å². The molecule has 122 valence electrons. The van der Waals surface area contributed by atoms with E-state index in [4.69, 9.17) is 4.74 Å². The van der Waals surface area contributed by atoms with Crippen LogP contribution in [0.2, 0.25) is 0 Å². The number of rotatable bonds is 3. The zero-order valence-corrected chi connectivity index (χ0v) is 12.5. The highest BCUT2D eigenvalue weighted by molar-refractivity contribution is 5.78. The number of alkyl halides is 3. The minimum atomic E-state index is -4.37. The lowest BCUT2D eigenvalue weighted by atomic mass is 10.1. The summed E-state index contributed by atoms with van der Waals surface area (Å²) < 4.78 is 42.6. The number of ether oxygens (including phenoxy) is 1. The summed E-state index contributed by atoms with van der Waals surface area (Å²) in [5.41, 5.74) is -0.740. The second kappa shape index (κ2) is 6.56. The molecule has 1 fully saturated rings. The number of hydrogen-bond acceptors (Lipinski definition) is 3. The van der Waals surface area contributed by atoms with Crippen LogP contribution >= 0.6 is 0 Å². The molecule has 1 heterocycles. The Bertz CT molecular complexity index is 507. The van der Waals surface area contributed by atoms with Gasteiger partial charge in [0.1, 0.15) is 5.75 Å². The van der Waals surface area contributed by atoms with E-state index in [1.165, 1.54) is 12.1 Å². The summed E-state index contributed by atoms with van der Waals surface area (Å²) >= 11 is 0. The molecule has 1 aliphatic rings. The molecule has 1 aromatic carbocycles. The molecule has 7 heteroatoms. The van der Waals surface area contributed by atoms with Crippen LogP contribution in [0.5, 0.6) is 5.75 Å². The molecule has 22 heavy (non-hydrogen) atoms. The first-order valence-electron chi connectivity index (χ1n) is 7.09. The topological polar surface area (TPSA) is 41.6 Å². The Labute approximate surface area is 127 Å². The number of piperazine rings is 1. The lowest BCUT2D eigenvalue weighted by Crippen LogP contribution is -2.56. The maximum atomic E-state index is 12.4. The Morgan fingerprint density at radius 1 is 1.23 bits per heavy atom. The van der Waals surface area contributed by atoms with Crippen molar-refractivity contribution in [2.75, 3.05) is 19.7 Å². The van der Waals surface area contributed by atoms with Crippen LogP contribution in [0.3, 0.4) is 0 Å². The number of halogens is 3. The summed E-state index contributed by atoms with van der Waals surface area (Å²) in [6.07, 6.45) is -4.37. The average Bonchev–Trinajstić information content (AvgIpc) is 2.43. The number of nitrogens with zero attached hydrogens (tertiary/aromatic N) is 1. The molecule has 4 nitrogen and oxygen atoms in total.